The first-order valence-corrected chi connectivity index (χ1v) is 12.4. The Bertz CT molecular complexity index is 1780. The van der Waals surface area contributed by atoms with Crippen LogP contribution in [0.5, 0.6) is 0 Å². The molecule has 0 aliphatic rings. The number of carbonyl (C=O) groups is 2. The summed E-state index contributed by atoms with van der Waals surface area (Å²) in [5, 5.41) is 3.68. The third kappa shape index (κ3) is 4.37. The fourth-order valence-electron chi connectivity index (χ4n) is 4.54. The number of hydrogen-bond acceptors (Lipinski definition) is 6. The van der Waals surface area contributed by atoms with Gasteiger partial charge in [-0.2, -0.15) is 0 Å². The Morgan fingerprint density at radius 1 is 0.921 bits per heavy atom. The molecular formula is C30H23ClN4O3. The van der Waals surface area contributed by atoms with E-state index in [1.54, 1.807) is 18.3 Å². The number of benzene rings is 2. The lowest BCUT2D eigenvalue weighted by Gasteiger charge is -2.16. The van der Waals surface area contributed by atoms with Crippen LogP contribution in [-0.4, -0.2) is 33.5 Å². The number of carbonyl (C=O) groups excluding carboxylic acids is 2. The normalized spacial score (nSPS) is 10.9. The minimum absolute atomic E-state index is 0.0100. The first-order valence-electron chi connectivity index (χ1n) is 12.0. The molecule has 0 saturated heterocycles. The number of pyridine rings is 2. The van der Waals surface area contributed by atoms with Crippen molar-refractivity contribution in [1.82, 2.24) is 14.4 Å². The van der Waals surface area contributed by atoms with Crippen molar-refractivity contribution in [3.8, 4) is 33.5 Å². The zero-order valence-corrected chi connectivity index (χ0v) is 21.5. The van der Waals surface area contributed by atoms with E-state index in [4.69, 9.17) is 11.6 Å². The third-order valence-corrected chi connectivity index (χ3v) is 6.88. The molecule has 3 heterocycles. The van der Waals surface area contributed by atoms with Crippen LogP contribution in [0.15, 0.2) is 77.9 Å². The molecule has 5 rings (SSSR count). The van der Waals surface area contributed by atoms with Gasteiger partial charge in [-0.1, -0.05) is 48.0 Å². The van der Waals surface area contributed by atoms with Crippen LogP contribution >= 0.6 is 11.6 Å². The highest BCUT2D eigenvalue weighted by Gasteiger charge is 2.16. The topological polar surface area (TPSA) is 93.4 Å². The smallest absolute Gasteiger partial charge is 0.268 e. The molecule has 5 aromatic rings. The van der Waals surface area contributed by atoms with E-state index in [2.05, 4.69) is 15.3 Å². The summed E-state index contributed by atoms with van der Waals surface area (Å²) in [6.07, 6.45) is 4.21. The summed E-state index contributed by atoms with van der Waals surface area (Å²) in [7, 11) is 0. The van der Waals surface area contributed by atoms with Crippen LogP contribution in [0.25, 0.3) is 39.2 Å². The van der Waals surface area contributed by atoms with Crippen molar-refractivity contribution in [2.24, 2.45) is 0 Å². The molecule has 2 aromatic carbocycles. The van der Waals surface area contributed by atoms with Crippen LogP contribution < -0.4 is 10.9 Å². The molecule has 1 N–H and O–H groups in total. The second-order valence-electron chi connectivity index (χ2n) is 8.71. The maximum atomic E-state index is 12.4. The summed E-state index contributed by atoms with van der Waals surface area (Å²) in [6.45, 7) is 4.60. The minimum atomic E-state index is -0.405. The average Bonchev–Trinajstić information content (AvgIpc) is 2.94. The predicted octanol–water partition coefficient (Wildman–Crippen LogP) is 6.11. The van der Waals surface area contributed by atoms with E-state index in [0.717, 1.165) is 39.7 Å². The van der Waals surface area contributed by atoms with Gasteiger partial charge in [0.1, 0.15) is 11.5 Å². The summed E-state index contributed by atoms with van der Waals surface area (Å²) in [5.74, 6) is 0.518. The fourth-order valence-corrected chi connectivity index (χ4v) is 4.86. The highest BCUT2D eigenvalue weighted by molar-refractivity contribution is 6.36. The van der Waals surface area contributed by atoms with Gasteiger partial charge in [0.05, 0.1) is 21.8 Å². The van der Waals surface area contributed by atoms with Gasteiger partial charge in [0, 0.05) is 30.1 Å². The highest BCUT2D eigenvalue weighted by atomic mass is 35.5. The standard InChI is InChI=1S/C30H23ClN4O3/c1-3-32-29-20(16-36)10-11-26(34-29)25-9-5-8-24(28(25)31)23-7-4-6-22(18(23)2)19-12-13-35-27(14-19)33-15-21(17-37)30(35)38/h4-17H,3H2,1-2H3,(H,32,34). The van der Waals surface area contributed by atoms with E-state index >= 15 is 0 Å². The number of nitrogens with zero attached hydrogens (tertiary/aromatic N) is 3. The molecule has 0 unspecified atom stereocenters. The molecule has 0 saturated carbocycles. The second-order valence-corrected chi connectivity index (χ2v) is 9.09. The van der Waals surface area contributed by atoms with Crippen molar-refractivity contribution in [1.29, 1.82) is 0 Å². The van der Waals surface area contributed by atoms with Crippen LogP contribution in [0.2, 0.25) is 5.02 Å². The van der Waals surface area contributed by atoms with Gasteiger partial charge in [-0.25, -0.2) is 9.97 Å². The molecule has 0 spiro atoms. The molecule has 0 aliphatic heterocycles. The number of rotatable bonds is 7. The lowest BCUT2D eigenvalue weighted by molar-refractivity contribution is 0.111. The van der Waals surface area contributed by atoms with Crippen molar-refractivity contribution in [2.75, 3.05) is 11.9 Å². The lowest BCUT2D eigenvalue weighted by atomic mass is 9.92. The number of anilines is 1. The molecule has 0 radical (unpaired) electrons. The predicted molar refractivity (Wildman–Crippen MR) is 150 cm³/mol. The second kappa shape index (κ2) is 10.4. The van der Waals surface area contributed by atoms with E-state index in [1.807, 2.05) is 62.4 Å². The summed E-state index contributed by atoms with van der Waals surface area (Å²) in [4.78, 5) is 43.9. The first-order chi connectivity index (χ1) is 18.5. The summed E-state index contributed by atoms with van der Waals surface area (Å²) in [5.41, 5.74) is 6.59. The van der Waals surface area contributed by atoms with Gasteiger partial charge in [-0.15, -0.1) is 0 Å². The largest absolute Gasteiger partial charge is 0.370 e. The van der Waals surface area contributed by atoms with Gasteiger partial charge >= 0.3 is 0 Å². The molecule has 0 fully saturated rings. The summed E-state index contributed by atoms with van der Waals surface area (Å²) in [6, 6.07) is 19.0. The zero-order chi connectivity index (χ0) is 26.8. The Morgan fingerprint density at radius 2 is 1.63 bits per heavy atom. The zero-order valence-electron chi connectivity index (χ0n) is 20.7. The van der Waals surface area contributed by atoms with Crippen molar-refractivity contribution in [3.63, 3.8) is 0 Å². The van der Waals surface area contributed by atoms with Gasteiger partial charge in [0.15, 0.2) is 12.6 Å². The Balaban J connectivity index is 1.61. The molecule has 0 aliphatic carbocycles. The quantitative estimate of drug-likeness (QED) is 0.259. The summed E-state index contributed by atoms with van der Waals surface area (Å²) < 4.78 is 1.36. The molecule has 7 nitrogen and oxygen atoms in total. The number of fused-ring (bicyclic) bond motifs is 1. The van der Waals surface area contributed by atoms with Crippen LogP contribution in [-0.2, 0) is 0 Å². The minimum Gasteiger partial charge on any atom is -0.370 e. The Labute approximate surface area is 223 Å². The molecule has 3 aromatic heterocycles. The van der Waals surface area contributed by atoms with E-state index in [0.29, 0.717) is 40.6 Å². The SMILES string of the molecule is CCNc1nc(-c2cccc(-c3cccc(-c4ccn5c(=O)c(C=O)cnc5c4)c3C)c2Cl)ccc1C=O. The van der Waals surface area contributed by atoms with Crippen LogP contribution in [0.4, 0.5) is 5.82 Å². The Kier molecular flexibility index (Phi) is 6.85. The number of halogens is 1. The first kappa shape index (κ1) is 25.0. The number of nitrogens with one attached hydrogen (secondary N) is 1. The van der Waals surface area contributed by atoms with Crippen molar-refractivity contribution < 1.29 is 9.59 Å². The Morgan fingerprint density at radius 3 is 2.37 bits per heavy atom. The number of hydrogen-bond donors (Lipinski definition) is 1. The van der Waals surface area contributed by atoms with Gasteiger partial charge < -0.3 is 5.32 Å². The fraction of sp³-hybridized carbons (Fsp3) is 0.100. The molecule has 38 heavy (non-hydrogen) atoms. The van der Waals surface area contributed by atoms with Crippen molar-refractivity contribution in [2.45, 2.75) is 13.8 Å². The molecule has 8 heteroatoms. The molecule has 188 valence electrons. The van der Waals surface area contributed by atoms with E-state index < -0.39 is 5.56 Å². The van der Waals surface area contributed by atoms with Crippen molar-refractivity contribution in [3.05, 3.63) is 105 Å². The van der Waals surface area contributed by atoms with E-state index in [1.165, 1.54) is 10.6 Å². The number of aldehydes is 2. The Hall–Kier alpha value is -4.62. The highest BCUT2D eigenvalue weighted by Crippen LogP contribution is 2.39. The third-order valence-electron chi connectivity index (χ3n) is 6.47. The maximum absolute atomic E-state index is 12.4. The van der Waals surface area contributed by atoms with Crippen LogP contribution in [0.3, 0.4) is 0 Å². The molecule has 0 amide bonds. The number of aromatic nitrogens is 3. The maximum Gasteiger partial charge on any atom is 0.268 e. The average molecular weight is 523 g/mol. The lowest BCUT2D eigenvalue weighted by Crippen LogP contribution is -2.18. The van der Waals surface area contributed by atoms with Gasteiger partial charge in [-0.05, 0) is 60.4 Å². The van der Waals surface area contributed by atoms with Gasteiger partial charge in [0.2, 0.25) is 0 Å². The van der Waals surface area contributed by atoms with Crippen LogP contribution in [0.1, 0.15) is 33.2 Å². The molecular weight excluding hydrogens is 500 g/mol. The summed E-state index contributed by atoms with van der Waals surface area (Å²) >= 11 is 6.97. The molecule has 0 bridgehead atoms. The van der Waals surface area contributed by atoms with E-state index in [-0.39, 0.29) is 5.56 Å². The van der Waals surface area contributed by atoms with Gasteiger partial charge in [-0.3, -0.25) is 18.8 Å². The van der Waals surface area contributed by atoms with Crippen molar-refractivity contribution >= 4 is 35.6 Å². The van der Waals surface area contributed by atoms with Crippen LogP contribution in [0, 0.1) is 6.92 Å². The molecule has 0 atom stereocenters. The van der Waals surface area contributed by atoms with Gasteiger partial charge in [0.25, 0.3) is 5.56 Å². The van der Waals surface area contributed by atoms with E-state index in [9.17, 15) is 14.4 Å². The monoisotopic (exact) mass is 522 g/mol.